The van der Waals surface area contributed by atoms with Crippen LogP contribution in [0.5, 0.6) is 0 Å². The summed E-state index contributed by atoms with van der Waals surface area (Å²) in [5.74, 6) is -0.350. The summed E-state index contributed by atoms with van der Waals surface area (Å²) in [6.45, 7) is 7.61. The van der Waals surface area contributed by atoms with Gasteiger partial charge in [0.15, 0.2) is 5.79 Å². The molecule has 0 unspecified atom stereocenters. The fraction of sp³-hybridized carbons (Fsp3) is 0.729. The summed E-state index contributed by atoms with van der Waals surface area (Å²) in [7, 11) is 0. The summed E-state index contributed by atoms with van der Waals surface area (Å²) in [6, 6.07) is 4.27. The molecule has 2 atom stereocenters. The SMILES string of the molecule is CCCCCC=CCC=CCCCCCCCCC1(CCCCCCCCC=CCC=CCCCCC)O[C@@H]2CN(CCc3ccncc3)C[C@H]2O1. The predicted octanol–water partition coefficient (Wildman–Crippen LogP) is 13.8. The van der Waals surface area contributed by atoms with E-state index in [0.717, 1.165) is 51.7 Å². The lowest BCUT2D eigenvalue weighted by atomic mass is 9.98. The van der Waals surface area contributed by atoms with Crippen LogP contribution in [0.4, 0.5) is 0 Å². The van der Waals surface area contributed by atoms with Gasteiger partial charge in [0.05, 0.1) is 0 Å². The third-order valence-electron chi connectivity index (χ3n) is 11.0. The number of aromatic nitrogens is 1. The van der Waals surface area contributed by atoms with Crippen molar-refractivity contribution in [1.29, 1.82) is 0 Å². The van der Waals surface area contributed by atoms with Gasteiger partial charge in [0.2, 0.25) is 0 Å². The first kappa shape index (κ1) is 44.4. The van der Waals surface area contributed by atoms with Gasteiger partial charge in [-0.15, -0.1) is 0 Å². The molecule has 0 amide bonds. The lowest BCUT2D eigenvalue weighted by Gasteiger charge is -2.31. The van der Waals surface area contributed by atoms with E-state index in [9.17, 15) is 0 Å². The van der Waals surface area contributed by atoms with E-state index in [-0.39, 0.29) is 18.0 Å². The van der Waals surface area contributed by atoms with Gasteiger partial charge >= 0.3 is 0 Å². The smallest absolute Gasteiger partial charge is 0.169 e. The first-order valence-electron chi connectivity index (χ1n) is 22.3. The van der Waals surface area contributed by atoms with Crippen molar-refractivity contribution in [2.45, 2.75) is 205 Å². The molecule has 52 heavy (non-hydrogen) atoms. The molecule has 0 spiro atoms. The highest BCUT2D eigenvalue weighted by atomic mass is 16.8. The lowest BCUT2D eigenvalue weighted by molar-refractivity contribution is -0.193. The number of unbranched alkanes of at least 4 members (excludes halogenated alkanes) is 18. The Kier molecular flexibility index (Phi) is 25.9. The van der Waals surface area contributed by atoms with Crippen molar-refractivity contribution in [2.24, 2.45) is 0 Å². The fourth-order valence-corrected chi connectivity index (χ4v) is 7.77. The van der Waals surface area contributed by atoms with Gasteiger partial charge in [0, 0.05) is 44.9 Å². The molecule has 0 aliphatic carbocycles. The Balaban J connectivity index is 1.28. The molecule has 3 rings (SSSR count). The second-order valence-electron chi connectivity index (χ2n) is 15.8. The van der Waals surface area contributed by atoms with Crippen LogP contribution < -0.4 is 0 Å². The minimum Gasteiger partial charge on any atom is -0.343 e. The molecule has 4 heteroatoms. The fourth-order valence-electron chi connectivity index (χ4n) is 7.77. The Hall–Kier alpha value is -2.01. The van der Waals surface area contributed by atoms with Gasteiger partial charge in [0.1, 0.15) is 12.2 Å². The van der Waals surface area contributed by atoms with E-state index in [1.807, 2.05) is 12.4 Å². The standard InChI is InChI=1S/C48H80N2O2/c1-3-5-7-9-11-13-15-17-19-21-23-25-27-29-31-33-38-48(39-34-32-30-28-26-24-22-20-18-16-14-12-10-8-6-4-2)51-46-43-50(44-47(46)52-48)42-37-45-35-40-49-41-36-45/h11-14,17-20,35-36,40-41,46-47H,3-10,15-16,21-34,37-39,42-44H2,1-2H3/t46-,47-/m1/s1. The largest absolute Gasteiger partial charge is 0.343 e. The highest BCUT2D eigenvalue weighted by molar-refractivity contribution is 5.10. The van der Waals surface area contributed by atoms with Crippen LogP contribution in [0.1, 0.15) is 186 Å². The Morgan fingerprint density at radius 1 is 0.558 bits per heavy atom. The monoisotopic (exact) mass is 717 g/mol. The highest BCUT2D eigenvalue weighted by Gasteiger charge is 2.50. The number of likely N-dealkylation sites (tertiary alicyclic amines) is 1. The second kappa shape index (κ2) is 30.3. The van der Waals surface area contributed by atoms with E-state index >= 15 is 0 Å². The third-order valence-corrected chi connectivity index (χ3v) is 11.0. The van der Waals surface area contributed by atoms with Crippen LogP contribution in [0.2, 0.25) is 0 Å². The quantitative estimate of drug-likeness (QED) is 0.0536. The topological polar surface area (TPSA) is 34.6 Å². The third kappa shape index (κ3) is 21.0. The summed E-state index contributed by atoms with van der Waals surface area (Å²) < 4.78 is 13.8. The average molecular weight is 717 g/mol. The number of pyridine rings is 1. The van der Waals surface area contributed by atoms with Gasteiger partial charge in [-0.05, 0) is 101 Å². The van der Waals surface area contributed by atoms with E-state index in [1.165, 1.54) is 147 Å². The Morgan fingerprint density at radius 2 is 0.962 bits per heavy atom. The lowest BCUT2D eigenvalue weighted by Crippen LogP contribution is -2.36. The number of hydrogen-bond donors (Lipinski definition) is 0. The van der Waals surface area contributed by atoms with Crippen LogP contribution in [0.25, 0.3) is 0 Å². The molecule has 2 aliphatic rings. The molecule has 4 nitrogen and oxygen atoms in total. The van der Waals surface area contributed by atoms with Crippen molar-refractivity contribution < 1.29 is 9.47 Å². The Morgan fingerprint density at radius 3 is 1.40 bits per heavy atom. The number of rotatable bonds is 33. The van der Waals surface area contributed by atoms with Crippen molar-refractivity contribution in [3.05, 3.63) is 78.7 Å². The number of hydrogen-bond acceptors (Lipinski definition) is 4. The molecule has 2 fully saturated rings. The van der Waals surface area contributed by atoms with E-state index in [1.54, 1.807) is 0 Å². The zero-order valence-corrected chi connectivity index (χ0v) is 34.0. The number of nitrogens with zero attached hydrogens (tertiary/aromatic N) is 2. The van der Waals surface area contributed by atoms with Gasteiger partial charge in [-0.3, -0.25) is 9.88 Å². The van der Waals surface area contributed by atoms with Gasteiger partial charge in [-0.2, -0.15) is 0 Å². The van der Waals surface area contributed by atoms with Crippen LogP contribution >= 0.6 is 0 Å². The maximum atomic E-state index is 6.91. The first-order valence-corrected chi connectivity index (χ1v) is 22.3. The summed E-state index contributed by atoms with van der Waals surface area (Å²) >= 11 is 0. The summed E-state index contributed by atoms with van der Waals surface area (Å²) in [4.78, 5) is 6.71. The zero-order chi connectivity index (χ0) is 36.6. The number of allylic oxidation sites excluding steroid dienone is 8. The highest BCUT2D eigenvalue weighted by Crippen LogP contribution is 2.40. The van der Waals surface area contributed by atoms with E-state index in [4.69, 9.17) is 9.47 Å². The summed E-state index contributed by atoms with van der Waals surface area (Å²) in [5, 5.41) is 0. The van der Waals surface area contributed by atoms with Crippen molar-refractivity contribution >= 4 is 0 Å². The average Bonchev–Trinajstić information content (AvgIpc) is 3.70. The molecule has 0 aromatic carbocycles. The van der Waals surface area contributed by atoms with Crippen LogP contribution in [-0.2, 0) is 15.9 Å². The maximum absolute atomic E-state index is 6.91. The van der Waals surface area contributed by atoms with Crippen molar-refractivity contribution in [3.63, 3.8) is 0 Å². The predicted molar refractivity (Wildman–Crippen MR) is 225 cm³/mol. The van der Waals surface area contributed by atoms with Crippen LogP contribution in [-0.4, -0.2) is 47.5 Å². The number of fused-ring (bicyclic) bond motifs is 1. The first-order chi connectivity index (χ1) is 25.7. The van der Waals surface area contributed by atoms with E-state index < -0.39 is 0 Å². The maximum Gasteiger partial charge on any atom is 0.169 e. The molecule has 2 aliphatic heterocycles. The van der Waals surface area contributed by atoms with Crippen LogP contribution in [0, 0.1) is 0 Å². The molecule has 2 saturated heterocycles. The molecular weight excluding hydrogens is 637 g/mol. The normalized spacial score (nSPS) is 19.0. The van der Waals surface area contributed by atoms with Gasteiger partial charge in [-0.25, -0.2) is 0 Å². The molecule has 1 aromatic heterocycles. The van der Waals surface area contributed by atoms with Crippen LogP contribution in [0.3, 0.4) is 0 Å². The molecule has 0 saturated carbocycles. The minimum absolute atomic E-state index is 0.228. The molecule has 294 valence electrons. The number of ether oxygens (including phenoxy) is 2. The molecule has 0 bridgehead atoms. The second-order valence-corrected chi connectivity index (χ2v) is 15.8. The van der Waals surface area contributed by atoms with Crippen molar-refractivity contribution in [3.8, 4) is 0 Å². The van der Waals surface area contributed by atoms with E-state index in [0.29, 0.717) is 0 Å². The summed E-state index contributed by atoms with van der Waals surface area (Å²) in [6.07, 6.45) is 57.2. The van der Waals surface area contributed by atoms with Crippen LogP contribution in [0.15, 0.2) is 73.1 Å². The van der Waals surface area contributed by atoms with Gasteiger partial charge in [0.25, 0.3) is 0 Å². The zero-order valence-electron chi connectivity index (χ0n) is 34.0. The molecule has 0 radical (unpaired) electrons. The summed E-state index contributed by atoms with van der Waals surface area (Å²) in [5.41, 5.74) is 1.36. The molecule has 3 heterocycles. The Bertz CT molecular complexity index is 1020. The Labute approximate surface area is 322 Å². The minimum atomic E-state index is -0.350. The molecule has 0 N–H and O–H groups in total. The van der Waals surface area contributed by atoms with Crippen molar-refractivity contribution in [2.75, 3.05) is 19.6 Å². The van der Waals surface area contributed by atoms with Gasteiger partial charge < -0.3 is 9.47 Å². The van der Waals surface area contributed by atoms with E-state index in [2.05, 4.69) is 84.5 Å². The van der Waals surface area contributed by atoms with Crippen molar-refractivity contribution in [1.82, 2.24) is 9.88 Å². The molecule has 1 aromatic rings. The van der Waals surface area contributed by atoms with Gasteiger partial charge in [-0.1, -0.05) is 140 Å². The molecular formula is C48H80N2O2.